The highest BCUT2D eigenvalue weighted by Crippen LogP contribution is 2.26. The number of ether oxygens (including phenoxy) is 1. The summed E-state index contributed by atoms with van der Waals surface area (Å²) in [7, 11) is -1.50. The maximum atomic E-state index is 11.2. The molecule has 1 heterocycles. The molecule has 94 valence electrons. The summed E-state index contributed by atoms with van der Waals surface area (Å²) in [5.74, 6) is 0. The van der Waals surface area contributed by atoms with Gasteiger partial charge in [0.2, 0.25) is 0 Å². The highest BCUT2D eigenvalue weighted by atomic mass is 32.2. The maximum absolute atomic E-state index is 11.2. The second-order valence-electron chi connectivity index (χ2n) is 4.33. The van der Waals surface area contributed by atoms with E-state index in [0.717, 1.165) is 24.8 Å². The van der Waals surface area contributed by atoms with Crippen LogP contribution in [0.5, 0.6) is 0 Å². The Morgan fingerprint density at radius 1 is 1.41 bits per heavy atom. The van der Waals surface area contributed by atoms with E-state index in [2.05, 4.69) is 10.3 Å². The number of methoxy groups -OCH3 is 1. The van der Waals surface area contributed by atoms with Gasteiger partial charge in [-0.05, 0) is 25.0 Å². The Labute approximate surface area is 101 Å². The Balaban J connectivity index is 1.96. The number of sulfone groups is 1. The van der Waals surface area contributed by atoms with E-state index in [0.29, 0.717) is 12.1 Å². The van der Waals surface area contributed by atoms with Gasteiger partial charge in [0, 0.05) is 19.4 Å². The molecule has 5 nitrogen and oxygen atoms in total. The summed E-state index contributed by atoms with van der Waals surface area (Å²) < 4.78 is 27.6. The first-order valence-corrected chi connectivity index (χ1v) is 7.33. The van der Waals surface area contributed by atoms with Gasteiger partial charge in [-0.15, -0.1) is 0 Å². The molecule has 1 N–H and O–H groups in total. The molecule has 0 bridgehead atoms. The van der Waals surface area contributed by atoms with E-state index in [1.165, 1.54) is 6.07 Å². The molecule has 1 fully saturated rings. The fraction of sp³-hybridized carbons (Fsp3) is 0.545. The molecule has 1 aliphatic rings. The molecule has 1 aromatic rings. The second kappa shape index (κ2) is 4.62. The molecule has 0 spiro atoms. The van der Waals surface area contributed by atoms with Crippen molar-refractivity contribution in [2.24, 2.45) is 0 Å². The van der Waals surface area contributed by atoms with Crippen LogP contribution in [0.15, 0.2) is 23.4 Å². The van der Waals surface area contributed by atoms with Crippen molar-refractivity contribution in [3.05, 3.63) is 18.3 Å². The Morgan fingerprint density at radius 2 is 2.12 bits per heavy atom. The van der Waals surface area contributed by atoms with Gasteiger partial charge in [0.15, 0.2) is 14.9 Å². The summed E-state index contributed by atoms with van der Waals surface area (Å²) in [5.41, 5.74) is 0.844. The van der Waals surface area contributed by atoms with Gasteiger partial charge < -0.3 is 10.1 Å². The number of aromatic nitrogens is 1. The zero-order valence-corrected chi connectivity index (χ0v) is 10.7. The van der Waals surface area contributed by atoms with E-state index >= 15 is 0 Å². The van der Waals surface area contributed by atoms with Crippen LogP contribution < -0.4 is 5.32 Å². The normalized spacial score (nSPS) is 24.1. The van der Waals surface area contributed by atoms with Crippen molar-refractivity contribution in [3.63, 3.8) is 0 Å². The molecule has 0 saturated heterocycles. The van der Waals surface area contributed by atoms with Gasteiger partial charge in [0.25, 0.3) is 0 Å². The minimum atomic E-state index is -3.21. The zero-order valence-electron chi connectivity index (χ0n) is 9.88. The summed E-state index contributed by atoms with van der Waals surface area (Å²) in [6.07, 6.45) is 5.00. The van der Waals surface area contributed by atoms with E-state index in [4.69, 9.17) is 4.74 Å². The number of nitrogens with one attached hydrogen (secondary N) is 1. The van der Waals surface area contributed by atoms with Crippen molar-refractivity contribution < 1.29 is 13.2 Å². The van der Waals surface area contributed by atoms with Crippen LogP contribution in [0, 0.1) is 0 Å². The lowest BCUT2D eigenvalue weighted by Gasteiger charge is -2.35. The number of hydrogen-bond acceptors (Lipinski definition) is 5. The molecule has 6 heteroatoms. The fourth-order valence-electron chi connectivity index (χ4n) is 1.80. The van der Waals surface area contributed by atoms with Crippen LogP contribution in [0.1, 0.15) is 12.8 Å². The first-order chi connectivity index (χ1) is 7.99. The Morgan fingerprint density at radius 3 is 2.59 bits per heavy atom. The third-order valence-electron chi connectivity index (χ3n) is 2.92. The zero-order chi connectivity index (χ0) is 12.5. The minimum absolute atomic E-state index is 0.103. The Hall–Kier alpha value is -1.14. The molecule has 2 rings (SSSR count). The average Bonchev–Trinajstić information content (AvgIpc) is 2.22. The highest BCUT2D eigenvalue weighted by molar-refractivity contribution is 7.90. The molecule has 0 unspecified atom stereocenters. The summed E-state index contributed by atoms with van der Waals surface area (Å²) in [5, 5.41) is 3.39. The first kappa shape index (κ1) is 12.3. The standard InChI is InChI=1S/C11H16N2O3S/c1-16-10-5-9(6-10)13-8-3-4-11(12-7-8)17(2,14)15/h3-4,7,9-10,13H,5-6H2,1-2H3. The largest absolute Gasteiger partial charge is 0.381 e. The van der Waals surface area contributed by atoms with Crippen molar-refractivity contribution in [2.75, 3.05) is 18.7 Å². The van der Waals surface area contributed by atoms with Crippen molar-refractivity contribution in [3.8, 4) is 0 Å². The monoisotopic (exact) mass is 256 g/mol. The van der Waals surface area contributed by atoms with Crippen molar-refractivity contribution in [1.82, 2.24) is 4.98 Å². The Bertz CT molecular complexity index is 478. The van der Waals surface area contributed by atoms with Crippen molar-refractivity contribution in [1.29, 1.82) is 0 Å². The molecule has 0 aliphatic heterocycles. The molecule has 1 aliphatic carbocycles. The van der Waals surface area contributed by atoms with Crippen LogP contribution >= 0.6 is 0 Å². The lowest BCUT2D eigenvalue weighted by Crippen LogP contribution is -2.40. The van der Waals surface area contributed by atoms with Crippen LogP contribution in [-0.2, 0) is 14.6 Å². The van der Waals surface area contributed by atoms with E-state index in [9.17, 15) is 8.42 Å². The molecule has 0 atom stereocenters. The number of rotatable bonds is 4. The molecule has 0 amide bonds. The van der Waals surface area contributed by atoms with Crippen molar-refractivity contribution >= 4 is 15.5 Å². The Kier molecular flexibility index (Phi) is 3.35. The molecular formula is C11H16N2O3S. The predicted molar refractivity (Wildman–Crippen MR) is 64.8 cm³/mol. The quantitative estimate of drug-likeness (QED) is 0.873. The van der Waals surface area contributed by atoms with E-state index in [1.54, 1.807) is 19.4 Å². The van der Waals surface area contributed by atoms with E-state index in [1.807, 2.05) is 0 Å². The summed E-state index contributed by atoms with van der Waals surface area (Å²) >= 11 is 0. The number of hydrogen-bond donors (Lipinski definition) is 1. The summed E-state index contributed by atoms with van der Waals surface area (Å²) in [4.78, 5) is 3.92. The SMILES string of the molecule is COC1CC(Nc2ccc(S(C)(=O)=O)nc2)C1. The molecule has 1 aromatic heterocycles. The van der Waals surface area contributed by atoms with Gasteiger partial charge >= 0.3 is 0 Å². The summed E-state index contributed by atoms with van der Waals surface area (Å²) in [6, 6.07) is 3.65. The third kappa shape index (κ3) is 2.95. The van der Waals surface area contributed by atoms with Gasteiger partial charge in [-0.3, -0.25) is 0 Å². The summed E-state index contributed by atoms with van der Waals surface area (Å²) in [6.45, 7) is 0. The topological polar surface area (TPSA) is 68.3 Å². The van der Waals surface area contributed by atoms with Gasteiger partial charge in [-0.1, -0.05) is 0 Å². The first-order valence-electron chi connectivity index (χ1n) is 5.44. The average molecular weight is 256 g/mol. The minimum Gasteiger partial charge on any atom is -0.381 e. The van der Waals surface area contributed by atoms with Gasteiger partial charge in [-0.2, -0.15) is 0 Å². The van der Waals surface area contributed by atoms with Gasteiger partial charge in [-0.25, -0.2) is 13.4 Å². The van der Waals surface area contributed by atoms with Crippen molar-refractivity contribution in [2.45, 2.75) is 30.0 Å². The molecule has 0 aromatic carbocycles. The van der Waals surface area contributed by atoms with Crippen LogP contribution in [-0.4, -0.2) is 38.9 Å². The van der Waals surface area contributed by atoms with E-state index in [-0.39, 0.29) is 5.03 Å². The van der Waals surface area contributed by atoms with Crippen LogP contribution in [0.2, 0.25) is 0 Å². The lowest BCUT2D eigenvalue weighted by atomic mass is 9.89. The molecule has 0 radical (unpaired) electrons. The number of anilines is 1. The lowest BCUT2D eigenvalue weighted by molar-refractivity contribution is 0.0328. The van der Waals surface area contributed by atoms with Crippen LogP contribution in [0.3, 0.4) is 0 Å². The van der Waals surface area contributed by atoms with Gasteiger partial charge in [0.1, 0.15) is 0 Å². The number of pyridine rings is 1. The smallest absolute Gasteiger partial charge is 0.192 e. The highest BCUT2D eigenvalue weighted by Gasteiger charge is 2.28. The predicted octanol–water partition coefficient (Wildman–Crippen LogP) is 1.07. The molecule has 1 saturated carbocycles. The number of nitrogens with zero attached hydrogens (tertiary/aromatic N) is 1. The van der Waals surface area contributed by atoms with Crippen LogP contribution in [0.25, 0.3) is 0 Å². The third-order valence-corrected chi connectivity index (χ3v) is 3.92. The maximum Gasteiger partial charge on any atom is 0.192 e. The molecular weight excluding hydrogens is 240 g/mol. The molecule has 17 heavy (non-hydrogen) atoms. The van der Waals surface area contributed by atoms with Gasteiger partial charge in [0.05, 0.1) is 18.0 Å². The van der Waals surface area contributed by atoms with Crippen LogP contribution in [0.4, 0.5) is 5.69 Å². The second-order valence-corrected chi connectivity index (χ2v) is 6.29. The fourth-order valence-corrected chi connectivity index (χ4v) is 2.36. The van der Waals surface area contributed by atoms with E-state index < -0.39 is 9.84 Å².